The number of para-hydroxylation sites is 1. The number of hydrogen-bond donors (Lipinski definition) is 1. The molecule has 1 aliphatic rings. The van der Waals surface area contributed by atoms with Crippen LogP contribution in [0.3, 0.4) is 0 Å². The second-order valence-electron chi connectivity index (χ2n) is 7.01. The van der Waals surface area contributed by atoms with E-state index in [1.807, 2.05) is 4.90 Å². The Morgan fingerprint density at radius 2 is 1.97 bits per heavy atom. The lowest BCUT2D eigenvalue weighted by atomic mass is 10.1. The first kappa shape index (κ1) is 21.9. The summed E-state index contributed by atoms with van der Waals surface area (Å²) >= 11 is 6.37. The van der Waals surface area contributed by atoms with Gasteiger partial charge in [0.05, 0.1) is 28.4 Å². The van der Waals surface area contributed by atoms with E-state index in [9.17, 15) is 18.0 Å². The number of alkyl halides is 3. The molecule has 3 aromatic rings. The van der Waals surface area contributed by atoms with Crippen molar-refractivity contribution >= 4 is 34.7 Å². The Balaban J connectivity index is 1.62. The zero-order valence-electron chi connectivity index (χ0n) is 16.5. The molecular weight excluding hydrogens is 447 g/mol. The molecule has 2 heterocycles. The summed E-state index contributed by atoms with van der Waals surface area (Å²) in [6.07, 6.45) is -2.88. The van der Waals surface area contributed by atoms with Gasteiger partial charge in [-0.1, -0.05) is 17.7 Å². The second-order valence-corrected chi connectivity index (χ2v) is 7.42. The van der Waals surface area contributed by atoms with E-state index in [-0.39, 0.29) is 24.5 Å². The van der Waals surface area contributed by atoms with Crippen LogP contribution in [-0.4, -0.2) is 29.1 Å². The molecule has 0 saturated heterocycles. The number of aromatic nitrogens is 1. The highest BCUT2D eigenvalue weighted by atomic mass is 35.5. The standard InChI is InChI=1S/C22H17ClF3N3O3/c23-17-10-13(12-30)11-27-20(17)29-8-9-32-19-16(2-1-3-18(19)29)21(31)28-15-6-4-14(5-7-15)22(24,25)26/h1-7,10-11,30H,8-9,12H2,(H,28,31)/p+1. The number of anilines is 3. The highest BCUT2D eigenvalue weighted by Gasteiger charge is 2.30. The fourth-order valence-electron chi connectivity index (χ4n) is 3.35. The predicted octanol–water partition coefficient (Wildman–Crippen LogP) is 4.76. The van der Waals surface area contributed by atoms with Crippen LogP contribution in [-0.2, 0) is 12.8 Å². The van der Waals surface area contributed by atoms with Crippen LogP contribution in [0, 0.1) is 0 Å². The van der Waals surface area contributed by atoms with Gasteiger partial charge in [-0.05, 0) is 42.5 Å². The summed E-state index contributed by atoms with van der Waals surface area (Å²) in [7, 11) is 0. The van der Waals surface area contributed by atoms with E-state index < -0.39 is 17.6 Å². The van der Waals surface area contributed by atoms with Crippen LogP contribution < -0.4 is 15.0 Å². The van der Waals surface area contributed by atoms with E-state index in [0.717, 1.165) is 12.1 Å². The second kappa shape index (κ2) is 8.68. The molecule has 3 N–H and O–H groups in total. The average molecular weight is 465 g/mol. The highest BCUT2D eigenvalue weighted by molar-refractivity contribution is 6.33. The smallest absolute Gasteiger partial charge is 0.416 e. The zero-order chi connectivity index (χ0) is 22.9. The lowest BCUT2D eigenvalue weighted by Crippen LogP contribution is -2.31. The molecule has 0 spiro atoms. The van der Waals surface area contributed by atoms with Crippen molar-refractivity contribution in [3.8, 4) is 5.75 Å². The van der Waals surface area contributed by atoms with Gasteiger partial charge in [0, 0.05) is 17.4 Å². The summed E-state index contributed by atoms with van der Waals surface area (Å²) < 4.78 is 44.0. The first-order chi connectivity index (χ1) is 15.3. The van der Waals surface area contributed by atoms with Crippen LogP contribution >= 0.6 is 11.6 Å². The monoisotopic (exact) mass is 464 g/mol. The number of pyridine rings is 1. The summed E-state index contributed by atoms with van der Waals surface area (Å²) in [5.41, 5.74) is 0.920. The maximum atomic E-state index is 12.9. The first-order valence-electron chi connectivity index (χ1n) is 9.59. The van der Waals surface area contributed by atoms with Crippen LogP contribution in [0.15, 0.2) is 54.7 Å². The van der Waals surface area contributed by atoms with Crippen molar-refractivity contribution in [1.29, 1.82) is 0 Å². The minimum atomic E-state index is -4.45. The Morgan fingerprint density at radius 3 is 2.62 bits per heavy atom. The van der Waals surface area contributed by atoms with Gasteiger partial charge in [0.25, 0.3) is 5.91 Å². The van der Waals surface area contributed by atoms with Crippen LogP contribution in [0.2, 0.25) is 5.02 Å². The van der Waals surface area contributed by atoms with Crippen LogP contribution in [0.5, 0.6) is 5.75 Å². The molecular formula is C22H18ClF3N3O3+. The van der Waals surface area contributed by atoms with E-state index in [1.54, 1.807) is 30.5 Å². The largest absolute Gasteiger partial charge is 0.489 e. The van der Waals surface area contributed by atoms with Gasteiger partial charge in [0.2, 0.25) is 0 Å². The number of benzene rings is 2. The molecule has 0 aliphatic carbocycles. The molecule has 0 unspecified atom stereocenters. The van der Waals surface area contributed by atoms with Gasteiger partial charge < -0.3 is 20.1 Å². The van der Waals surface area contributed by atoms with E-state index >= 15 is 0 Å². The number of ether oxygens (including phenoxy) is 1. The quantitative estimate of drug-likeness (QED) is 0.565. The third kappa shape index (κ3) is 4.35. The number of amides is 1. The molecule has 0 atom stereocenters. The Morgan fingerprint density at radius 1 is 1.22 bits per heavy atom. The molecule has 1 aliphatic heterocycles. The first-order valence-corrected chi connectivity index (χ1v) is 9.96. The molecule has 0 fully saturated rings. The van der Waals surface area contributed by atoms with Gasteiger partial charge in [-0.15, -0.1) is 0 Å². The SMILES string of the molecule is O=C(Nc1ccc(C(F)(F)F)cc1)c1cccc2c1OCCN2c1ncc(C[OH2+])cc1Cl. The minimum absolute atomic E-state index is 0.0565. The van der Waals surface area contributed by atoms with E-state index in [0.29, 0.717) is 34.4 Å². The maximum absolute atomic E-state index is 12.9. The molecule has 2 aromatic carbocycles. The van der Waals surface area contributed by atoms with Crippen molar-refractivity contribution in [2.75, 3.05) is 23.4 Å². The average Bonchev–Trinajstić information content (AvgIpc) is 2.78. The van der Waals surface area contributed by atoms with Gasteiger partial charge in [-0.3, -0.25) is 4.79 Å². The highest BCUT2D eigenvalue weighted by Crippen LogP contribution is 2.41. The Kier molecular flexibility index (Phi) is 5.94. The molecule has 166 valence electrons. The molecule has 4 rings (SSSR count). The van der Waals surface area contributed by atoms with Gasteiger partial charge in [-0.25, -0.2) is 4.98 Å². The van der Waals surface area contributed by atoms with Gasteiger partial charge in [0.1, 0.15) is 6.61 Å². The van der Waals surface area contributed by atoms with Gasteiger partial charge in [0.15, 0.2) is 18.2 Å². The van der Waals surface area contributed by atoms with Crippen LogP contribution in [0.1, 0.15) is 21.5 Å². The number of carbonyl (C=O) groups excluding carboxylic acids is 1. The molecule has 0 bridgehead atoms. The molecule has 32 heavy (non-hydrogen) atoms. The van der Waals surface area contributed by atoms with Crippen molar-refractivity contribution in [3.05, 3.63) is 76.4 Å². The molecule has 10 heteroatoms. The number of nitrogens with one attached hydrogen (secondary N) is 1. The Hall–Kier alpha value is -3.30. The summed E-state index contributed by atoms with van der Waals surface area (Å²) in [5, 5.41) is 10.4. The summed E-state index contributed by atoms with van der Waals surface area (Å²) in [6.45, 7) is 0.778. The molecule has 1 amide bonds. The van der Waals surface area contributed by atoms with Crippen molar-refractivity contribution in [1.82, 2.24) is 4.98 Å². The third-order valence-electron chi connectivity index (χ3n) is 4.90. The van der Waals surface area contributed by atoms with Crippen molar-refractivity contribution < 1.29 is 27.8 Å². The lowest BCUT2D eigenvalue weighted by Gasteiger charge is -2.32. The topological polar surface area (TPSA) is 77.4 Å². The zero-order valence-corrected chi connectivity index (χ0v) is 17.3. The van der Waals surface area contributed by atoms with Crippen molar-refractivity contribution in [2.24, 2.45) is 0 Å². The summed E-state index contributed by atoms with van der Waals surface area (Å²) in [6, 6.07) is 10.9. The summed E-state index contributed by atoms with van der Waals surface area (Å²) in [4.78, 5) is 19.1. The van der Waals surface area contributed by atoms with Gasteiger partial charge >= 0.3 is 6.18 Å². The molecule has 1 aromatic heterocycles. The predicted molar refractivity (Wildman–Crippen MR) is 115 cm³/mol. The lowest BCUT2D eigenvalue weighted by molar-refractivity contribution is -0.137. The van der Waals surface area contributed by atoms with Crippen LogP contribution in [0.4, 0.5) is 30.4 Å². The number of halogens is 4. The fourth-order valence-corrected chi connectivity index (χ4v) is 3.64. The van der Waals surface area contributed by atoms with Gasteiger partial charge in [-0.2, -0.15) is 13.2 Å². The normalized spacial score (nSPS) is 13.3. The number of carbonyl (C=O) groups is 1. The maximum Gasteiger partial charge on any atom is 0.416 e. The minimum Gasteiger partial charge on any atom is -0.489 e. The molecule has 6 nitrogen and oxygen atoms in total. The van der Waals surface area contributed by atoms with E-state index in [4.69, 9.17) is 21.4 Å². The number of fused-ring (bicyclic) bond motifs is 1. The number of rotatable bonds is 4. The molecule has 0 radical (unpaired) electrons. The fraction of sp³-hybridized carbons (Fsp3) is 0.182. The number of hydrogen-bond acceptors (Lipinski definition) is 4. The summed E-state index contributed by atoms with van der Waals surface area (Å²) in [5.74, 6) is 0.284. The third-order valence-corrected chi connectivity index (χ3v) is 5.18. The van der Waals surface area contributed by atoms with Crippen molar-refractivity contribution in [2.45, 2.75) is 12.8 Å². The Bertz CT molecular complexity index is 1150. The molecule has 0 saturated carbocycles. The van der Waals surface area contributed by atoms with E-state index in [2.05, 4.69) is 10.3 Å². The van der Waals surface area contributed by atoms with Crippen molar-refractivity contribution in [3.63, 3.8) is 0 Å². The van der Waals surface area contributed by atoms with E-state index in [1.165, 1.54) is 12.1 Å². The Labute approximate surface area is 186 Å². The van der Waals surface area contributed by atoms with Crippen LogP contribution in [0.25, 0.3) is 0 Å². The number of nitrogens with zero attached hydrogens (tertiary/aromatic N) is 2.